The fourth-order valence-corrected chi connectivity index (χ4v) is 1.90. The Balaban J connectivity index is 1.88. The number of rotatable bonds is 2. The monoisotopic (exact) mass is 195 g/mol. The summed E-state index contributed by atoms with van der Waals surface area (Å²) in [5.74, 6) is 0.440. The largest absolute Gasteiger partial charge is 0.472 e. The number of β-amino-alcohol motifs (C(OH)–C–C–N with tert-alkyl or cyclic N) is 1. The molecule has 1 fully saturated rings. The SMILES string of the molecule is CC1CCN(Cc2ccoc2)CC1O. The molecule has 1 aliphatic rings. The predicted octanol–water partition coefficient (Wildman–Crippen LogP) is 1.48. The number of likely N-dealkylation sites (tertiary alicyclic amines) is 1. The fourth-order valence-electron chi connectivity index (χ4n) is 1.90. The molecule has 2 unspecified atom stereocenters. The molecule has 3 heteroatoms. The lowest BCUT2D eigenvalue weighted by molar-refractivity contribution is 0.0258. The quantitative estimate of drug-likeness (QED) is 0.776. The van der Waals surface area contributed by atoms with Crippen LogP contribution in [0.3, 0.4) is 0 Å². The smallest absolute Gasteiger partial charge is 0.0947 e. The van der Waals surface area contributed by atoms with E-state index < -0.39 is 0 Å². The van der Waals surface area contributed by atoms with Crippen molar-refractivity contribution in [2.75, 3.05) is 13.1 Å². The molecular formula is C11H17NO2. The second kappa shape index (κ2) is 4.15. The van der Waals surface area contributed by atoms with Crippen LogP contribution in [-0.2, 0) is 6.54 Å². The maximum Gasteiger partial charge on any atom is 0.0947 e. The van der Waals surface area contributed by atoms with Crippen molar-refractivity contribution in [3.63, 3.8) is 0 Å². The summed E-state index contributed by atoms with van der Waals surface area (Å²) < 4.78 is 5.01. The van der Waals surface area contributed by atoms with Crippen LogP contribution >= 0.6 is 0 Å². The summed E-state index contributed by atoms with van der Waals surface area (Å²) in [5.41, 5.74) is 1.19. The van der Waals surface area contributed by atoms with E-state index in [0.29, 0.717) is 5.92 Å². The number of nitrogens with zero attached hydrogens (tertiary/aromatic N) is 1. The Morgan fingerprint density at radius 2 is 2.50 bits per heavy atom. The highest BCUT2D eigenvalue weighted by molar-refractivity contribution is 5.05. The first kappa shape index (κ1) is 9.74. The van der Waals surface area contributed by atoms with Crippen molar-refractivity contribution in [3.8, 4) is 0 Å². The van der Waals surface area contributed by atoms with Crippen molar-refractivity contribution < 1.29 is 9.52 Å². The Morgan fingerprint density at radius 3 is 3.14 bits per heavy atom. The van der Waals surface area contributed by atoms with E-state index in [-0.39, 0.29) is 6.10 Å². The minimum atomic E-state index is -0.171. The van der Waals surface area contributed by atoms with Crippen LogP contribution in [-0.4, -0.2) is 29.2 Å². The highest BCUT2D eigenvalue weighted by Crippen LogP contribution is 2.18. The van der Waals surface area contributed by atoms with E-state index >= 15 is 0 Å². The molecular weight excluding hydrogens is 178 g/mol. The maximum absolute atomic E-state index is 9.71. The summed E-state index contributed by atoms with van der Waals surface area (Å²) in [5, 5.41) is 9.71. The van der Waals surface area contributed by atoms with Gasteiger partial charge in [0.2, 0.25) is 0 Å². The molecule has 0 amide bonds. The van der Waals surface area contributed by atoms with Gasteiger partial charge in [0, 0.05) is 18.7 Å². The minimum absolute atomic E-state index is 0.171. The van der Waals surface area contributed by atoms with Crippen molar-refractivity contribution in [3.05, 3.63) is 24.2 Å². The first-order valence-electron chi connectivity index (χ1n) is 5.17. The number of hydrogen-bond acceptors (Lipinski definition) is 3. The molecule has 0 saturated carbocycles. The molecule has 1 N–H and O–H groups in total. The summed E-state index contributed by atoms with van der Waals surface area (Å²) in [6, 6.07) is 1.98. The van der Waals surface area contributed by atoms with E-state index in [1.807, 2.05) is 6.07 Å². The number of aliphatic hydroxyl groups is 1. The van der Waals surface area contributed by atoms with Crippen LogP contribution in [0.25, 0.3) is 0 Å². The van der Waals surface area contributed by atoms with Crippen LogP contribution in [0.2, 0.25) is 0 Å². The average Bonchev–Trinajstić information content (AvgIpc) is 2.64. The van der Waals surface area contributed by atoms with Gasteiger partial charge in [-0.3, -0.25) is 4.90 Å². The van der Waals surface area contributed by atoms with Crippen LogP contribution in [0.4, 0.5) is 0 Å². The second-order valence-electron chi connectivity index (χ2n) is 4.20. The lowest BCUT2D eigenvalue weighted by Crippen LogP contribution is -2.42. The molecule has 0 aliphatic carbocycles. The lowest BCUT2D eigenvalue weighted by atomic mass is 9.96. The van der Waals surface area contributed by atoms with Gasteiger partial charge < -0.3 is 9.52 Å². The number of aliphatic hydroxyl groups excluding tert-OH is 1. The zero-order valence-corrected chi connectivity index (χ0v) is 8.52. The first-order chi connectivity index (χ1) is 6.75. The lowest BCUT2D eigenvalue weighted by Gasteiger charge is -2.33. The molecule has 2 atom stereocenters. The number of furan rings is 1. The van der Waals surface area contributed by atoms with Crippen molar-refractivity contribution in [1.29, 1.82) is 0 Å². The third-order valence-electron chi connectivity index (χ3n) is 2.99. The zero-order valence-electron chi connectivity index (χ0n) is 8.52. The maximum atomic E-state index is 9.71. The molecule has 1 saturated heterocycles. The third kappa shape index (κ3) is 2.16. The van der Waals surface area contributed by atoms with Gasteiger partial charge in [-0.2, -0.15) is 0 Å². The molecule has 0 radical (unpaired) electrons. The van der Waals surface area contributed by atoms with Gasteiger partial charge in [0.1, 0.15) is 0 Å². The van der Waals surface area contributed by atoms with Gasteiger partial charge in [0.25, 0.3) is 0 Å². The topological polar surface area (TPSA) is 36.6 Å². The molecule has 1 aromatic rings. The Labute approximate surface area is 84.3 Å². The van der Waals surface area contributed by atoms with Gasteiger partial charge in [-0.15, -0.1) is 0 Å². The first-order valence-corrected chi connectivity index (χ1v) is 5.17. The molecule has 2 heterocycles. The Kier molecular flexibility index (Phi) is 2.89. The molecule has 1 aromatic heterocycles. The number of piperidine rings is 1. The average molecular weight is 195 g/mol. The molecule has 3 nitrogen and oxygen atoms in total. The highest BCUT2D eigenvalue weighted by Gasteiger charge is 2.24. The van der Waals surface area contributed by atoms with Gasteiger partial charge in [-0.25, -0.2) is 0 Å². The highest BCUT2D eigenvalue weighted by atomic mass is 16.3. The van der Waals surface area contributed by atoms with Crippen LogP contribution in [0, 0.1) is 5.92 Å². The van der Waals surface area contributed by atoms with E-state index in [1.54, 1.807) is 12.5 Å². The van der Waals surface area contributed by atoms with Crippen LogP contribution in [0.1, 0.15) is 18.9 Å². The summed E-state index contributed by atoms with van der Waals surface area (Å²) in [7, 11) is 0. The zero-order chi connectivity index (χ0) is 9.97. The van der Waals surface area contributed by atoms with E-state index in [1.165, 1.54) is 5.56 Å². The van der Waals surface area contributed by atoms with Gasteiger partial charge in [-0.05, 0) is 24.9 Å². The van der Waals surface area contributed by atoms with E-state index in [4.69, 9.17) is 4.42 Å². The summed E-state index contributed by atoms with van der Waals surface area (Å²) >= 11 is 0. The van der Waals surface area contributed by atoms with Crippen LogP contribution < -0.4 is 0 Å². The van der Waals surface area contributed by atoms with Crippen molar-refractivity contribution >= 4 is 0 Å². The standard InChI is InChI=1S/C11H17NO2/c1-9-2-4-12(7-11(9)13)6-10-3-5-14-8-10/h3,5,8-9,11,13H,2,4,6-7H2,1H3. The predicted molar refractivity (Wildman–Crippen MR) is 53.8 cm³/mol. The molecule has 0 spiro atoms. The molecule has 0 bridgehead atoms. The molecule has 78 valence electrons. The molecule has 1 aliphatic heterocycles. The van der Waals surface area contributed by atoms with E-state index in [9.17, 15) is 5.11 Å². The minimum Gasteiger partial charge on any atom is -0.472 e. The summed E-state index contributed by atoms with van der Waals surface area (Å²) in [4.78, 5) is 2.27. The van der Waals surface area contributed by atoms with Crippen molar-refractivity contribution in [2.45, 2.75) is 26.0 Å². The normalized spacial score (nSPS) is 29.3. The third-order valence-corrected chi connectivity index (χ3v) is 2.99. The fraction of sp³-hybridized carbons (Fsp3) is 0.636. The van der Waals surface area contributed by atoms with Gasteiger partial charge >= 0.3 is 0 Å². The Bertz CT molecular complexity index is 271. The summed E-state index contributed by atoms with van der Waals surface area (Å²) in [6.07, 6.45) is 4.37. The van der Waals surface area contributed by atoms with Crippen molar-refractivity contribution in [2.24, 2.45) is 5.92 Å². The summed E-state index contributed by atoms with van der Waals surface area (Å²) in [6.45, 7) is 4.86. The number of hydrogen-bond donors (Lipinski definition) is 1. The van der Waals surface area contributed by atoms with Crippen LogP contribution in [0.15, 0.2) is 23.0 Å². The van der Waals surface area contributed by atoms with E-state index in [0.717, 1.165) is 26.1 Å². The van der Waals surface area contributed by atoms with Gasteiger partial charge in [-0.1, -0.05) is 6.92 Å². The van der Waals surface area contributed by atoms with E-state index in [2.05, 4.69) is 11.8 Å². The van der Waals surface area contributed by atoms with Gasteiger partial charge in [0.05, 0.1) is 18.6 Å². The molecule has 2 rings (SSSR count). The Morgan fingerprint density at radius 1 is 1.64 bits per heavy atom. The molecule has 0 aromatic carbocycles. The Hall–Kier alpha value is -0.800. The molecule has 14 heavy (non-hydrogen) atoms. The van der Waals surface area contributed by atoms with Crippen molar-refractivity contribution in [1.82, 2.24) is 4.90 Å². The van der Waals surface area contributed by atoms with Crippen LogP contribution in [0.5, 0.6) is 0 Å². The van der Waals surface area contributed by atoms with Gasteiger partial charge in [0.15, 0.2) is 0 Å². The second-order valence-corrected chi connectivity index (χ2v) is 4.20.